The van der Waals surface area contributed by atoms with Crippen molar-refractivity contribution in [1.29, 1.82) is 0 Å². The Balaban J connectivity index is 1.03. The van der Waals surface area contributed by atoms with Crippen LogP contribution in [0.3, 0.4) is 0 Å². The SMILES string of the molecule is c1cc(-c2nc(-c3ccc4oc5ccccc5c4c3)nc(-c3ccc4oc5ccccc5c4c3)n2)cc(-c2cc3c4ccccc4c4ccccc4c3c3ccccc23)c1. The van der Waals surface area contributed by atoms with E-state index < -0.39 is 0 Å². The summed E-state index contributed by atoms with van der Waals surface area (Å²) in [4.78, 5) is 15.6. The van der Waals surface area contributed by atoms with Crippen LogP contribution < -0.4 is 0 Å². The minimum atomic E-state index is 0.583. The van der Waals surface area contributed by atoms with Crippen LogP contribution >= 0.6 is 0 Å². The van der Waals surface area contributed by atoms with Crippen LogP contribution in [0, 0.1) is 0 Å². The lowest BCUT2D eigenvalue weighted by Gasteiger charge is -2.16. The first-order valence-electron chi connectivity index (χ1n) is 20.2. The number of benzene rings is 10. The summed E-state index contributed by atoms with van der Waals surface area (Å²) in [5.41, 5.74) is 8.24. The molecule has 13 aromatic rings. The summed E-state index contributed by atoms with van der Waals surface area (Å²) in [6.45, 7) is 0. The molecule has 5 heteroatoms. The lowest BCUT2D eigenvalue weighted by molar-refractivity contribution is 0.668. The van der Waals surface area contributed by atoms with Crippen molar-refractivity contribution in [3.8, 4) is 45.3 Å². The Labute approximate surface area is 342 Å². The van der Waals surface area contributed by atoms with Gasteiger partial charge in [0.15, 0.2) is 17.5 Å². The number of hydrogen-bond acceptors (Lipinski definition) is 5. The van der Waals surface area contributed by atoms with Gasteiger partial charge in [-0.15, -0.1) is 0 Å². The lowest BCUT2D eigenvalue weighted by Crippen LogP contribution is -2.00. The summed E-state index contributed by atoms with van der Waals surface area (Å²) in [7, 11) is 0. The van der Waals surface area contributed by atoms with E-state index in [-0.39, 0.29) is 0 Å². The molecule has 0 fully saturated rings. The molecule has 0 saturated heterocycles. The summed E-state index contributed by atoms with van der Waals surface area (Å²) in [6, 6.07) is 65.9. The molecule has 0 saturated carbocycles. The molecule has 0 aliphatic rings. The second-order valence-electron chi connectivity index (χ2n) is 15.5. The van der Waals surface area contributed by atoms with Gasteiger partial charge in [-0.1, -0.05) is 127 Å². The first-order valence-corrected chi connectivity index (χ1v) is 20.2. The molecule has 0 aliphatic heterocycles. The van der Waals surface area contributed by atoms with Crippen LogP contribution in [0.15, 0.2) is 197 Å². The van der Waals surface area contributed by atoms with E-state index >= 15 is 0 Å². The fraction of sp³-hybridized carbons (Fsp3) is 0. The summed E-state index contributed by atoms with van der Waals surface area (Å²) >= 11 is 0. The summed E-state index contributed by atoms with van der Waals surface area (Å²) in [6.07, 6.45) is 0. The van der Waals surface area contributed by atoms with Crippen molar-refractivity contribution in [1.82, 2.24) is 15.0 Å². The molecule has 0 bridgehead atoms. The average Bonchev–Trinajstić information content (AvgIpc) is 3.89. The summed E-state index contributed by atoms with van der Waals surface area (Å²) in [5, 5.41) is 14.1. The van der Waals surface area contributed by atoms with Crippen LogP contribution in [-0.2, 0) is 0 Å². The Morgan fingerprint density at radius 1 is 0.250 bits per heavy atom. The number of rotatable bonds is 4. The van der Waals surface area contributed by atoms with Gasteiger partial charge in [0.05, 0.1) is 0 Å². The third-order valence-corrected chi connectivity index (χ3v) is 12.1. The molecule has 0 atom stereocenters. The maximum absolute atomic E-state index is 6.19. The predicted octanol–water partition coefficient (Wildman–Crippen LogP) is 15.0. The fourth-order valence-electron chi connectivity index (χ4n) is 9.32. The molecule has 278 valence electrons. The zero-order valence-electron chi connectivity index (χ0n) is 32.1. The maximum atomic E-state index is 6.19. The van der Waals surface area contributed by atoms with E-state index in [0.29, 0.717) is 17.5 Å². The summed E-state index contributed by atoms with van der Waals surface area (Å²) in [5.74, 6) is 1.76. The number of fused-ring (bicyclic) bond motifs is 14. The third kappa shape index (κ3) is 4.96. The summed E-state index contributed by atoms with van der Waals surface area (Å²) < 4.78 is 12.4. The third-order valence-electron chi connectivity index (χ3n) is 12.1. The lowest BCUT2D eigenvalue weighted by atomic mass is 9.87. The number of hydrogen-bond donors (Lipinski definition) is 0. The molecule has 0 radical (unpaired) electrons. The highest BCUT2D eigenvalue weighted by atomic mass is 16.3. The van der Waals surface area contributed by atoms with E-state index in [1.54, 1.807) is 0 Å². The normalized spacial score (nSPS) is 12.0. The topological polar surface area (TPSA) is 65.0 Å². The highest BCUT2D eigenvalue weighted by molar-refractivity contribution is 6.33. The number of aromatic nitrogens is 3. The molecule has 3 aromatic heterocycles. The molecule has 0 amide bonds. The van der Waals surface area contributed by atoms with Gasteiger partial charge >= 0.3 is 0 Å². The largest absolute Gasteiger partial charge is 0.456 e. The smallest absolute Gasteiger partial charge is 0.164 e. The van der Waals surface area contributed by atoms with E-state index in [4.69, 9.17) is 23.8 Å². The molecule has 60 heavy (non-hydrogen) atoms. The van der Waals surface area contributed by atoms with Gasteiger partial charge in [0.2, 0.25) is 0 Å². The molecule has 13 rings (SSSR count). The zero-order valence-corrected chi connectivity index (χ0v) is 32.1. The van der Waals surface area contributed by atoms with Crippen molar-refractivity contribution in [3.63, 3.8) is 0 Å². The van der Waals surface area contributed by atoms with Gasteiger partial charge in [0.25, 0.3) is 0 Å². The van der Waals surface area contributed by atoms with Gasteiger partial charge in [-0.3, -0.25) is 0 Å². The van der Waals surface area contributed by atoms with Crippen LogP contribution in [0.2, 0.25) is 0 Å². The fourth-order valence-corrected chi connectivity index (χ4v) is 9.32. The highest BCUT2D eigenvalue weighted by Gasteiger charge is 2.19. The first kappa shape index (κ1) is 32.9. The number of nitrogens with zero attached hydrogens (tertiary/aromatic N) is 3. The van der Waals surface area contributed by atoms with Gasteiger partial charge in [-0.05, 0) is 115 Å². The molecule has 0 aliphatic carbocycles. The minimum absolute atomic E-state index is 0.583. The Morgan fingerprint density at radius 2 is 0.650 bits per heavy atom. The molecule has 0 N–H and O–H groups in total. The molecule has 10 aromatic carbocycles. The Morgan fingerprint density at radius 3 is 1.22 bits per heavy atom. The van der Waals surface area contributed by atoms with Crippen LogP contribution in [-0.4, -0.2) is 15.0 Å². The zero-order chi connectivity index (χ0) is 39.3. The highest BCUT2D eigenvalue weighted by Crippen LogP contribution is 2.43. The minimum Gasteiger partial charge on any atom is -0.456 e. The quantitative estimate of drug-likeness (QED) is 0.167. The van der Waals surface area contributed by atoms with Crippen molar-refractivity contribution < 1.29 is 8.83 Å². The number of para-hydroxylation sites is 2. The molecule has 0 unspecified atom stereocenters. The van der Waals surface area contributed by atoms with Crippen LogP contribution in [0.1, 0.15) is 0 Å². The second-order valence-corrected chi connectivity index (χ2v) is 15.5. The Bertz CT molecular complexity index is 3780. The Kier molecular flexibility index (Phi) is 6.95. The van der Waals surface area contributed by atoms with Crippen molar-refractivity contribution in [2.24, 2.45) is 0 Å². The molecule has 3 heterocycles. The van der Waals surface area contributed by atoms with Crippen molar-refractivity contribution in [2.75, 3.05) is 0 Å². The molecular formula is C55H31N3O2. The predicted molar refractivity (Wildman–Crippen MR) is 246 cm³/mol. The van der Waals surface area contributed by atoms with Gasteiger partial charge < -0.3 is 8.83 Å². The van der Waals surface area contributed by atoms with E-state index in [0.717, 1.165) is 71.7 Å². The van der Waals surface area contributed by atoms with Gasteiger partial charge in [0, 0.05) is 38.2 Å². The van der Waals surface area contributed by atoms with Crippen LogP contribution in [0.25, 0.3) is 132 Å². The Hall–Kier alpha value is -8.15. The van der Waals surface area contributed by atoms with E-state index in [1.807, 2.05) is 60.7 Å². The van der Waals surface area contributed by atoms with Gasteiger partial charge in [-0.2, -0.15) is 0 Å². The van der Waals surface area contributed by atoms with Crippen LogP contribution in [0.5, 0.6) is 0 Å². The maximum Gasteiger partial charge on any atom is 0.164 e. The monoisotopic (exact) mass is 765 g/mol. The van der Waals surface area contributed by atoms with Gasteiger partial charge in [0.1, 0.15) is 22.3 Å². The molecule has 5 nitrogen and oxygen atoms in total. The van der Waals surface area contributed by atoms with E-state index in [9.17, 15) is 0 Å². The second kappa shape index (κ2) is 12.7. The van der Waals surface area contributed by atoms with Crippen molar-refractivity contribution in [2.45, 2.75) is 0 Å². The standard InChI is InChI=1S/C55H31N3O2/c1-2-16-38-36(14-1)37-15-3-5-20-42(37)52-43-21-6-4-17-39(43)44(31-47(38)52)32-12-11-13-33(28-32)53-56-54(34-24-26-50-45(29-34)40-18-7-9-22-48(40)59-50)58-55(57-53)35-25-27-51-46(30-35)41-19-8-10-23-49(41)60-51/h1-31H. The van der Waals surface area contributed by atoms with Crippen molar-refractivity contribution in [3.05, 3.63) is 188 Å². The molecule has 0 spiro atoms. The average molecular weight is 766 g/mol. The van der Waals surface area contributed by atoms with Crippen molar-refractivity contribution >= 4 is 87.0 Å². The number of furan rings is 2. The molecular weight excluding hydrogens is 735 g/mol. The van der Waals surface area contributed by atoms with Crippen LogP contribution in [0.4, 0.5) is 0 Å². The van der Waals surface area contributed by atoms with Gasteiger partial charge in [-0.25, -0.2) is 15.0 Å². The van der Waals surface area contributed by atoms with E-state index in [1.165, 1.54) is 43.1 Å². The first-order chi connectivity index (χ1) is 29.7. The van der Waals surface area contributed by atoms with E-state index in [2.05, 4.69) is 127 Å².